The van der Waals surface area contributed by atoms with Crippen LogP contribution in [0.15, 0.2) is 42.5 Å². The number of anilines is 2. The molecule has 1 aliphatic carbocycles. The smallest absolute Gasteiger partial charge is 0.262 e. The summed E-state index contributed by atoms with van der Waals surface area (Å²) in [4.78, 5) is 63.3. The Bertz CT molecular complexity index is 1470. The topological polar surface area (TPSA) is 137 Å². The maximum atomic E-state index is 13.0. The average molecular weight is 616 g/mol. The number of fused-ring (bicyclic) bond motifs is 1. The van der Waals surface area contributed by atoms with Gasteiger partial charge in [0.05, 0.1) is 11.1 Å². The van der Waals surface area contributed by atoms with Crippen molar-refractivity contribution >= 4 is 40.9 Å². The second-order valence-electron chi connectivity index (χ2n) is 14.0. The molecule has 2 heterocycles. The van der Waals surface area contributed by atoms with E-state index < -0.39 is 29.7 Å². The normalized spacial score (nSPS) is 20.4. The molecule has 45 heavy (non-hydrogen) atoms. The van der Waals surface area contributed by atoms with E-state index in [2.05, 4.69) is 49.0 Å². The van der Waals surface area contributed by atoms with E-state index in [-0.39, 0.29) is 46.7 Å². The summed E-state index contributed by atoms with van der Waals surface area (Å²) in [5.74, 6) is -2.01. The number of piperidine rings is 1. The molecule has 2 fully saturated rings. The van der Waals surface area contributed by atoms with Gasteiger partial charge in [0.2, 0.25) is 11.8 Å². The Labute approximate surface area is 265 Å². The highest BCUT2D eigenvalue weighted by atomic mass is 16.2. The van der Waals surface area contributed by atoms with E-state index in [0.29, 0.717) is 5.56 Å². The number of nitrogens with zero attached hydrogens (tertiary/aromatic N) is 1. The maximum Gasteiger partial charge on any atom is 0.262 e. The summed E-state index contributed by atoms with van der Waals surface area (Å²) in [6.45, 7) is 10.4. The summed E-state index contributed by atoms with van der Waals surface area (Å²) in [7, 11) is 0. The predicted octanol–water partition coefficient (Wildman–Crippen LogP) is 5.12. The third-order valence-electron chi connectivity index (χ3n) is 9.35. The molecule has 5 rings (SSSR count). The molecule has 0 radical (unpaired) electrons. The molecule has 1 unspecified atom stereocenters. The largest absolute Gasteiger partial charge is 0.385 e. The van der Waals surface area contributed by atoms with Crippen LogP contribution < -0.4 is 21.3 Å². The number of carbonyl (C=O) groups is 5. The van der Waals surface area contributed by atoms with E-state index in [0.717, 1.165) is 67.9 Å². The number of amides is 5. The molecule has 2 aromatic rings. The molecule has 10 heteroatoms. The van der Waals surface area contributed by atoms with Crippen molar-refractivity contribution in [1.29, 1.82) is 0 Å². The number of rotatable bonds is 13. The van der Waals surface area contributed by atoms with Gasteiger partial charge < -0.3 is 16.0 Å². The molecule has 10 nitrogen and oxygen atoms in total. The molecule has 1 atom stereocenters. The van der Waals surface area contributed by atoms with Crippen molar-refractivity contribution in [3.8, 4) is 0 Å². The molecular weight excluding hydrogens is 570 g/mol. The first-order chi connectivity index (χ1) is 21.4. The molecule has 0 spiro atoms. The first-order valence-electron chi connectivity index (χ1n) is 16.1. The van der Waals surface area contributed by atoms with Crippen molar-refractivity contribution in [1.82, 2.24) is 15.5 Å². The Hall–Kier alpha value is -4.21. The maximum absolute atomic E-state index is 13.0. The highest BCUT2D eigenvalue weighted by Gasteiger charge is 2.53. The van der Waals surface area contributed by atoms with Crippen molar-refractivity contribution in [3.63, 3.8) is 0 Å². The molecule has 0 aromatic heterocycles. The third-order valence-corrected chi connectivity index (χ3v) is 9.35. The number of nitrogens with one attached hydrogen (secondary N) is 4. The van der Waals surface area contributed by atoms with Gasteiger partial charge in [0.25, 0.3) is 17.7 Å². The lowest BCUT2D eigenvalue weighted by Crippen LogP contribution is -2.63. The zero-order chi connectivity index (χ0) is 32.4. The lowest BCUT2D eigenvalue weighted by molar-refractivity contribution is -0.136. The lowest BCUT2D eigenvalue weighted by atomic mass is 9.52. The van der Waals surface area contributed by atoms with E-state index >= 15 is 0 Å². The Balaban J connectivity index is 0.961. The molecule has 5 amide bonds. The van der Waals surface area contributed by atoms with Crippen LogP contribution in [0.1, 0.15) is 110 Å². The molecule has 4 N–H and O–H groups in total. The number of unbranched alkanes of at least 4 members (excludes halogenated alkanes) is 4. The molecule has 0 bridgehead atoms. The molecular formula is C35H45N5O5. The van der Waals surface area contributed by atoms with Gasteiger partial charge in [-0.1, -0.05) is 47.0 Å². The number of hydrogen-bond donors (Lipinski definition) is 4. The second-order valence-corrected chi connectivity index (χ2v) is 14.0. The second kappa shape index (κ2) is 13.0. The third kappa shape index (κ3) is 7.05. The number of carbonyl (C=O) groups excluding carboxylic acids is 5. The van der Waals surface area contributed by atoms with Crippen LogP contribution in [0.5, 0.6) is 0 Å². The summed E-state index contributed by atoms with van der Waals surface area (Å²) < 4.78 is 0. The van der Waals surface area contributed by atoms with Gasteiger partial charge in [-0.25, -0.2) is 0 Å². The van der Waals surface area contributed by atoms with Crippen molar-refractivity contribution in [2.24, 2.45) is 10.8 Å². The molecule has 2 aliphatic heterocycles. The predicted molar refractivity (Wildman–Crippen MR) is 173 cm³/mol. The number of benzene rings is 2. The van der Waals surface area contributed by atoms with Gasteiger partial charge >= 0.3 is 0 Å². The first kappa shape index (κ1) is 32.2. The van der Waals surface area contributed by atoms with Crippen molar-refractivity contribution in [3.05, 3.63) is 59.2 Å². The molecule has 1 saturated heterocycles. The minimum atomic E-state index is -0.960. The summed E-state index contributed by atoms with van der Waals surface area (Å²) in [6, 6.07) is 12.0. The summed E-state index contributed by atoms with van der Waals surface area (Å²) >= 11 is 0. The fourth-order valence-corrected chi connectivity index (χ4v) is 7.48. The van der Waals surface area contributed by atoms with Crippen LogP contribution in [-0.4, -0.2) is 59.6 Å². The summed E-state index contributed by atoms with van der Waals surface area (Å²) in [5, 5.41) is 12.2. The van der Waals surface area contributed by atoms with Crippen molar-refractivity contribution in [2.45, 2.75) is 91.1 Å². The number of hydrogen-bond acceptors (Lipinski definition) is 7. The van der Waals surface area contributed by atoms with E-state index in [1.807, 2.05) is 24.3 Å². The van der Waals surface area contributed by atoms with E-state index in [1.54, 1.807) is 18.2 Å². The fraction of sp³-hybridized carbons (Fsp3) is 0.514. The van der Waals surface area contributed by atoms with Gasteiger partial charge in [0, 0.05) is 42.5 Å². The summed E-state index contributed by atoms with van der Waals surface area (Å²) in [6.07, 6.45) is 6.63. The highest BCUT2D eigenvalue weighted by molar-refractivity contribution is 6.23. The standard InChI is InChI=1S/C35H45N5O5/c1-34(2)21-35(3,4)33(34)39-29(42)22-10-12-23(13-11-22)36-18-8-6-5-7-9-19-37-24-14-15-25-26(20-24)32(45)40(31(25)44)27-16-17-28(41)38-30(27)43/h10-15,20,27,33,36-37H,5-9,16-19,21H2,1-4H3,(H,39,42)(H,38,41,43). The highest BCUT2D eigenvalue weighted by Crippen LogP contribution is 2.53. The van der Waals surface area contributed by atoms with Crippen LogP contribution in [0.4, 0.5) is 11.4 Å². The molecule has 2 aromatic carbocycles. The fourth-order valence-electron chi connectivity index (χ4n) is 7.48. The van der Waals surface area contributed by atoms with Crippen LogP contribution >= 0.6 is 0 Å². The van der Waals surface area contributed by atoms with Crippen molar-refractivity contribution in [2.75, 3.05) is 23.7 Å². The first-order valence-corrected chi connectivity index (χ1v) is 16.1. The SMILES string of the molecule is CC1(C)CC(C)(C)C1NC(=O)c1ccc(NCCCCCCCNc2ccc3c(c2)C(=O)N(C2CCC(=O)NC2=O)C3=O)cc1. The van der Waals surface area contributed by atoms with E-state index in [9.17, 15) is 24.0 Å². The Morgan fingerprint density at radius 3 is 2.00 bits per heavy atom. The van der Waals surface area contributed by atoms with E-state index in [4.69, 9.17) is 0 Å². The van der Waals surface area contributed by atoms with Crippen LogP contribution in [0.2, 0.25) is 0 Å². The van der Waals surface area contributed by atoms with Gasteiger partial charge in [-0.2, -0.15) is 0 Å². The zero-order valence-corrected chi connectivity index (χ0v) is 26.8. The zero-order valence-electron chi connectivity index (χ0n) is 26.8. The number of imide groups is 2. The van der Waals surface area contributed by atoms with Gasteiger partial charge in [-0.3, -0.25) is 34.2 Å². The van der Waals surface area contributed by atoms with Gasteiger partial charge in [0.15, 0.2) is 0 Å². The Kier molecular flexibility index (Phi) is 9.32. The molecule has 1 saturated carbocycles. The van der Waals surface area contributed by atoms with E-state index in [1.165, 1.54) is 0 Å². The molecule has 240 valence electrons. The Morgan fingerprint density at radius 2 is 1.38 bits per heavy atom. The average Bonchev–Trinajstić information content (AvgIpc) is 3.23. The monoisotopic (exact) mass is 615 g/mol. The van der Waals surface area contributed by atoms with Crippen molar-refractivity contribution < 1.29 is 24.0 Å². The van der Waals surface area contributed by atoms with Crippen LogP contribution in [0.25, 0.3) is 0 Å². The van der Waals surface area contributed by atoms with Crippen LogP contribution in [0, 0.1) is 10.8 Å². The quantitative estimate of drug-likeness (QED) is 0.181. The minimum Gasteiger partial charge on any atom is -0.385 e. The van der Waals surface area contributed by atoms with Gasteiger partial charge in [-0.05, 0) is 79.0 Å². The lowest BCUT2D eigenvalue weighted by Gasteiger charge is -2.57. The molecule has 3 aliphatic rings. The Morgan fingerprint density at radius 1 is 0.800 bits per heavy atom. The van der Waals surface area contributed by atoms with Gasteiger partial charge in [0.1, 0.15) is 6.04 Å². The van der Waals surface area contributed by atoms with Crippen LogP contribution in [-0.2, 0) is 9.59 Å². The van der Waals surface area contributed by atoms with Gasteiger partial charge in [-0.15, -0.1) is 0 Å². The van der Waals surface area contributed by atoms with Crippen LogP contribution in [0.3, 0.4) is 0 Å². The summed E-state index contributed by atoms with van der Waals surface area (Å²) in [5.41, 5.74) is 3.24. The minimum absolute atomic E-state index is 0.0157.